The van der Waals surface area contributed by atoms with E-state index in [1.807, 2.05) is 48.7 Å². The summed E-state index contributed by atoms with van der Waals surface area (Å²) in [5.41, 5.74) is 3.60. The quantitative estimate of drug-likeness (QED) is 0.425. The Balaban J connectivity index is 1.40. The molecule has 0 saturated carbocycles. The molecule has 0 saturated heterocycles. The molecule has 0 unspecified atom stereocenters. The molecule has 8 heteroatoms. The normalized spacial score (nSPS) is 14.6. The summed E-state index contributed by atoms with van der Waals surface area (Å²) in [6, 6.07) is 13.3. The average molecular weight is 456 g/mol. The van der Waals surface area contributed by atoms with E-state index in [0.717, 1.165) is 22.4 Å². The van der Waals surface area contributed by atoms with E-state index in [1.165, 1.54) is 11.8 Å². The van der Waals surface area contributed by atoms with Crippen LogP contribution in [0.4, 0.5) is 0 Å². The summed E-state index contributed by atoms with van der Waals surface area (Å²) >= 11 is 7.98. The fourth-order valence-corrected chi connectivity index (χ4v) is 4.20. The summed E-state index contributed by atoms with van der Waals surface area (Å²) in [5, 5.41) is 4.20. The topological polar surface area (TPSA) is 73.3 Å². The Bertz CT molecular complexity index is 1110. The number of nitrogens with zero attached hydrogens (tertiary/aromatic N) is 2. The number of ether oxygens (including phenoxy) is 2. The molecule has 3 aromatic rings. The van der Waals surface area contributed by atoms with E-state index in [-0.39, 0.29) is 18.4 Å². The number of amides is 1. The Hall–Kier alpha value is -2.77. The van der Waals surface area contributed by atoms with Crippen molar-refractivity contribution in [3.8, 4) is 22.8 Å². The number of rotatable bonds is 7. The number of nitrogens with one attached hydrogen (secondary N) is 1. The predicted molar refractivity (Wildman–Crippen MR) is 122 cm³/mol. The van der Waals surface area contributed by atoms with E-state index < -0.39 is 0 Å². The third kappa shape index (κ3) is 4.94. The Morgan fingerprint density at radius 2 is 2.16 bits per heavy atom. The largest absolute Gasteiger partial charge is 0.496 e. The SMILES string of the molecule is COc1ccccc1CC(=O)NC[C@@H]1Cc2cc(-c3ccnc(SC)n3)cc(Cl)c2O1. The summed E-state index contributed by atoms with van der Waals surface area (Å²) in [6.45, 7) is 0.401. The number of methoxy groups -OCH3 is 1. The lowest BCUT2D eigenvalue weighted by atomic mass is 10.0. The number of benzene rings is 2. The minimum Gasteiger partial charge on any atom is -0.496 e. The van der Waals surface area contributed by atoms with Gasteiger partial charge in [-0.2, -0.15) is 0 Å². The van der Waals surface area contributed by atoms with Gasteiger partial charge in [0.25, 0.3) is 0 Å². The second-order valence-electron chi connectivity index (χ2n) is 7.11. The Morgan fingerprint density at radius 1 is 1.32 bits per heavy atom. The van der Waals surface area contributed by atoms with Crippen molar-refractivity contribution >= 4 is 29.3 Å². The zero-order valence-corrected chi connectivity index (χ0v) is 18.8. The molecule has 160 valence electrons. The molecule has 0 radical (unpaired) electrons. The molecule has 4 rings (SSSR count). The number of carbonyl (C=O) groups is 1. The van der Waals surface area contributed by atoms with Crippen LogP contribution in [-0.4, -0.2) is 41.9 Å². The molecule has 0 aliphatic carbocycles. The van der Waals surface area contributed by atoms with Crippen molar-refractivity contribution in [2.45, 2.75) is 24.1 Å². The van der Waals surface area contributed by atoms with Crippen LogP contribution in [0, 0.1) is 0 Å². The number of thioether (sulfide) groups is 1. The van der Waals surface area contributed by atoms with Crippen molar-refractivity contribution in [2.24, 2.45) is 0 Å². The van der Waals surface area contributed by atoms with Crippen molar-refractivity contribution in [3.63, 3.8) is 0 Å². The standard InChI is InChI=1S/C23H22ClN3O3S/c1-29-20-6-4-3-5-14(20)12-21(28)26-13-17-10-16-9-15(11-18(24)22(16)30-17)19-7-8-25-23(27-19)31-2/h3-9,11,17H,10,12-13H2,1-2H3,(H,26,28)/t17-/m0/s1. The predicted octanol–water partition coefficient (Wildman–Crippen LogP) is 4.19. The van der Waals surface area contributed by atoms with Crippen LogP contribution in [0.15, 0.2) is 53.8 Å². The van der Waals surface area contributed by atoms with Gasteiger partial charge >= 0.3 is 0 Å². The monoisotopic (exact) mass is 455 g/mol. The van der Waals surface area contributed by atoms with Crippen molar-refractivity contribution in [3.05, 3.63) is 64.8 Å². The lowest BCUT2D eigenvalue weighted by molar-refractivity contribution is -0.120. The lowest BCUT2D eigenvalue weighted by Gasteiger charge is -2.13. The molecule has 0 spiro atoms. The Morgan fingerprint density at radius 3 is 2.97 bits per heavy atom. The highest BCUT2D eigenvalue weighted by atomic mass is 35.5. The first-order valence-corrected chi connectivity index (χ1v) is 11.4. The van der Waals surface area contributed by atoms with Gasteiger partial charge in [0, 0.05) is 29.3 Å². The number of halogens is 1. The maximum Gasteiger partial charge on any atom is 0.224 e. The highest BCUT2D eigenvalue weighted by Gasteiger charge is 2.26. The van der Waals surface area contributed by atoms with Gasteiger partial charge in [-0.1, -0.05) is 41.6 Å². The van der Waals surface area contributed by atoms with Crippen LogP contribution in [0.2, 0.25) is 5.02 Å². The summed E-state index contributed by atoms with van der Waals surface area (Å²) in [6.07, 6.45) is 4.43. The smallest absolute Gasteiger partial charge is 0.224 e. The molecular formula is C23H22ClN3O3S. The van der Waals surface area contributed by atoms with E-state index in [4.69, 9.17) is 21.1 Å². The fourth-order valence-electron chi connectivity index (χ4n) is 3.56. The molecule has 0 fully saturated rings. The van der Waals surface area contributed by atoms with Crippen molar-refractivity contribution < 1.29 is 14.3 Å². The van der Waals surface area contributed by atoms with Gasteiger partial charge in [-0.05, 0) is 30.5 Å². The highest BCUT2D eigenvalue weighted by Crippen LogP contribution is 2.39. The third-order valence-electron chi connectivity index (χ3n) is 5.03. The zero-order valence-electron chi connectivity index (χ0n) is 17.2. The molecule has 2 heterocycles. The van der Waals surface area contributed by atoms with Crippen LogP contribution >= 0.6 is 23.4 Å². The fraction of sp³-hybridized carbons (Fsp3) is 0.261. The molecule has 0 bridgehead atoms. The van der Waals surface area contributed by atoms with Crippen LogP contribution in [0.1, 0.15) is 11.1 Å². The average Bonchev–Trinajstić information content (AvgIpc) is 3.22. The minimum atomic E-state index is -0.170. The highest BCUT2D eigenvalue weighted by molar-refractivity contribution is 7.98. The van der Waals surface area contributed by atoms with Gasteiger partial charge < -0.3 is 14.8 Å². The molecule has 1 amide bonds. The molecule has 2 aromatic carbocycles. The second-order valence-corrected chi connectivity index (χ2v) is 8.29. The first kappa shape index (κ1) is 21.5. The molecule has 1 aliphatic rings. The number of hydrogen-bond acceptors (Lipinski definition) is 6. The van der Waals surface area contributed by atoms with E-state index in [2.05, 4.69) is 15.3 Å². The molecular weight excluding hydrogens is 434 g/mol. The van der Waals surface area contributed by atoms with Crippen molar-refractivity contribution in [1.82, 2.24) is 15.3 Å². The maximum absolute atomic E-state index is 12.4. The molecule has 6 nitrogen and oxygen atoms in total. The molecule has 31 heavy (non-hydrogen) atoms. The van der Waals surface area contributed by atoms with Gasteiger partial charge in [0.1, 0.15) is 17.6 Å². The van der Waals surface area contributed by atoms with Crippen LogP contribution in [0.3, 0.4) is 0 Å². The van der Waals surface area contributed by atoms with Gasteiger partial charge in [-0.25, -0.2) is 9.97 Å². The van der Waals surface area contributed by atoms with Gasteiger partial charge in [-0.15, -0.1) is 0 Å². The molecule has 1 N–H and O–H groups in total. The van der Waals surface area contributed by atoms with Crippen LogP contribution in [-0.2, 0) is 17.6 Å². The van der Waals surface area contributed by atoms with Gasteiger partial charge in [-0.3, -0.25) is 4.79 Å². The van der Waals surface area contributed by atoms with E-state index in [9.17, 15) is 4.79 Å². The van der Waals surface area contributed by atoms with E-state index in [0.29, 0.717) is 34.6 Å². The lowest BCUT2D eigenvalue weighted by Crippen LogP contribution is -2.35. The summed E-state index contributed by atoms with van der Waals surface area (Å²) < 4.78 is 11.3. The zero-order chi connectivity index (χ0) is 21.8. The number of fused-ring (bicyclic) bond motifs is 1. The van der Waals surface area contributed by atoms with Crippen LogP contribution in [0.5, 0.6) is 11.5 Å². The van der Waals surface area contributed by atoms with Crippen LogP contribution in [0.25, 0.3) is 11.3 Å². The molecule has 1 aromatic heterocycles. The maximum atomic E-state index is 12.4. The van der Waals surface area contributed by atoms with Crippen LogP contribution < -0.4 is 14.8 Å². The minimum absolute atomic E-state index is 0.0820. The third-order valence-corrected chi connectivity index (χ3v) is 5.88. The van der Waals surface area contributed by atoms with Gasteiger partial charge in [0.15, 0.2) is 5.16 Å². The van der Waals surface area contributed by atoms with E-state index >= 15 is 0 Å². The molecule has 1 atom stereocenters. The van der Waals surface area contributed by atoms with Gasteiger partial charge in [0.2, 0.25) is 5.91 Å². The number of para-hydroxylation sites is 1. The van der Waals surface area contributed by atoms with Crippen molar-refractivity contribution in [2.75, 3.05) is 19.9 Å². The summed E-state index contributed by atoms with van der Waals surface area (Å²) in [7, 11) is 1.60. The van der Waals surface area contributed by atoms with Crippen molar-refractivity contribution in [1.29, 1.82) is 0 Å². The number of carbonyl (C=O) groups excluding carboxylic acids is 1. The summed E-state index contributed by atoms with van der Waals surface area (Å²) in [4.78, 5) is 21.2. The first-order valence-electron chi connectivity index (χ1n) is 9.82. The second kappa shape index (κ2) is 9.58. The number of aromatic nitrogens is 2. The van der Waals surface area contributed by atoms with E-state index in [1.54, 1.807) is 13.3 Å². The number of hydrogen-bond donors (Lipinski definition) is 1. The first-order chi connectivity index (χ1) is 15.1. The summed E-state index contributed by atoms with van der Waals surface area (Å²) in [5.74, 6) is 1.30. The Labute approximate surface area is 190 Å². The van der Waals surface area contributed by atoms with Gasteiger partial charge in [0.05, 0.1) is 30.8 Å². The Kier molecular flexibility index (Phi) is 6.63. The molecule has 1 aliphatic heterocycles.